The summed E-state index contributed by atoms with van der Waals surface area (Å²) in [6.45, 7) is -0.213. The number of halogens is 2. The molecule has 29 heavy (non-hydrogen) atoms. The molecule has 3 heterocycles. The fraction of sp³-hybridized carbons (Fsp3) is 0.316. The summed E-state index contributed by atoms with van der Waals surface area (Å²) in [4.78, 5) is 8.05. The first kappa shape index (κ1) is 19.6. The van der Waals surface area contributed by atoms with E-state index in [0.717, 1.165) is 4.31 Å². The average Bonchev–Trinajstić information content (AvgIpc) is 3.22. The van der Waals surface area contributed by atoms with Crippen molar-refractivity contribution in [3.05, 3.63) is 66.1 Å². The van der Waals surface area contributed by atoms with E-state index in [1.165, 1.54) is 24.3 Å². The first-order valence-electron chi connectivity index (χ1n) is 9.01. The van der Waals surface area contributed by atoms with Gasteiger partial charge in [-0.2, -0.15) is 9.29 Å². The van der Waals surface area contributed by atoms with Crippen LogP contribution in [-0.4, -0.2) is 40.9 Å². The van der Waals surface area contributed by atoms with Crippen molar-refractivity contribution < 1.29 is 21.7 Å². The van der Waals surface area contributed by atoms with E-state index in [-0.39, 0.29) is 30.4 Å². The minimum absolute atomic E-state index is 0.0769. The van der Waals surface area contributed by atoms with Crippen LogP contribution in [0.4, 0.5) is 8.78 Å². The highest BCUT2D eigenvalue weighted by molar-refractivity contribution is 7.88. The van der Waals surface area contributed by atoms with Crippen molar-refractivity contribution in [2.45, 2.75) is 24.3 Å². The summed E-state index contributed by atoms with van der Waals surface area (Å²) in [6, 6.07) is 8.52. The maximum atomic E-state index is 15.6. The SMILES string of the molecule is O=S(=O)(Cc1ccc(F)cc1)N1CCCC(F)(c2nc(-c3ccncc3)no2)C1. The maximum Gasteiger partial charge on any atom is 0.266 e. The number of piperidine rings is 1. The second kappa shape index (κ2) is 7.60. The van der Waals surface area contributed by atoms with Gasteiger partial charge < -0.3 is 4.52 Å². The minimum Gasteiger partial charge on any atom is -0.335 e. The average molecular weight is 420 g/mol. The molecular formula is C19H18F2N4O3S. The molecule has 0 radical (unpaired) electrons. The van der Waals surface area contributed by atoms with Crippen molar-refractivity contribution in [1.29, 1.82) is 0 Å². The van der Waals surface area contributed by atoms with E-state index in [1.54, 1.807) is 24.5 Å². The molecule has 2 aromatic heterocycles. The molecule has 1 saturated heterocycles. The second-order valence-electron chi connectivity index (χ2n) is 6.94. The molecule has 7 nitrogen and oxygen atoms in total. The van der Waals surface area contributed by atoms with Gasteiger partial charge in [-0.25, -0.2) is 17.2 Å². The maximum absolute atomic E-state index is 15.6. The molecule has 1 unspecified atom stereocenters. The molecule has 0 bridgehead atoms. The van der Waals surface area contributed by atoms with Gasteiger partial charge in [0.1, 0.15) is 5.82 Å². The molecule has 0 spiro atoms. The zero-order chi connectivity index (χ0) is 20.5. The van der Waals surface area contributed by atoms with Gasteiger partial charge in [0.05, 0.1) is 12.3 Å². The van der Waals surface area contributed by atoms with Crippen LogP contribution in [-0.2, 0) is 21.4 Å². The lowest BCUT2D eigenvalue weighted by atomic mass is 9.96. The van der Waals surface area contributed by atoms with E-state index >= 15 is 4.39 Å². The van der Waals surface area contributed by atoms with Crippen molar-refractivity contribution in [3.63, 3.8) is 0 Å². The Morgan fingerprint density at radius 2 is 1.86 bits per heavy atom. The third kappa shape index (κ3) is 4.18. The molecule has 0 saturated carbocycles. The predicted molar refractivity (Wildman–Crippen MR) is 100 cm³/mol. The van der Waals surface area contributed by atoms with Crippen LogP contribution in [0.15, 0.2) is 53.3 Å². The Hall–Kier alpha value is -2.72. The molecule has 10 heteroatoms. The highest BCUT2D eigenvalue weighted by Gasteiger charge is 2.45. The third-order valence-corrected chi connectivity index (χ3v) is 6.61. The highest BCUT2D eigenvalue weighted by Crippen LogP contribution is 2.36. The number of pyridine rings is 1. The lowest BCUT2D eigenvalue weighted by molar-refractivity contribution is 0.0469. The quantitative estimate of drug-likeness (QED) is 0.630. The summed E-state index contributed by atoms with van der Waals surface area (Å²) in [5.74, 6) is -0.819. The number of alkyl halides is 1. The second-order valence-corrected chi connectivity index (χ2v) is 8.91. The molecule has 3 aromatic rings. The highest BCUT2D eigenvalue weighted by atomic mass is 32.2. The fourth-order valence-corrected chi connectivity index (χ4v) is 4.90. The number of nitrogens with zero attached hydrogens (tertiary/aromatic N) is 4. The van der Waals surface area contributed by atoms with Crippen molar-refractivity contribution in [2.24, 2.45) is 0 Å². The summed E-state index contributed by atoms with van der Waals surface area (Å²) < 4.78 is 60.5. The van der Waals surface area contributed by atoms with E-state index < -0.39 is 28.1 Å². The molecule has 1 atom stereocenters. The number of sulfonamides is 1. The molecule has 0 aliphatic carbocycles. The molecule has 0 N–H and O–H groups in total. The van der Waals surface area contributed by atoms with Gasteiger partial charge >= 0.3 is 0 Å². The molecule has 152 valence electrons. The van der Waals surface area contributed by atoms with Crippen molar-refractivity contribution in [2.75, 3.05) is 13.1 Å². The van der Waals surface area contributed by atoms with Crippen LogP contribution < -0.4 is 0 Å². The van der Waals surface area contributed by atoms with E-state index in [0.29, 0.717) is 17.5 Å². The Labute approximate surface area is 166 Å². The van der Waals surface area contributed by atoms with E-state index in [9.17, 15) is 12.8 Å². The summed E-state index contributed by atoms with van der Waals surface area (Å²) >= 11 is 0. The zero-order valence-corrected chi connectivity index (χ0v) is 16.1. The molecular weight excluding hydrogens is 402 g/mol. The summed E-state index contributed by atoms with van der Waals surface area (Å²) in [7, 11) is -3.80. The van der Waals surface area contributed by atoms with Gasteiger partial charge in [0.15, 0.2) is 0 Å². The van der Waals surface area contributed by atoms with Crippen LogP contribution in [0, 0.1) is 5.82 Å². The fourth-order valence-electron chi connectivity index (χ4n) is 3.29. The van der Waals surface area contributed by atoms with E-state index in [1.807, 2.05) is 0 Å². The normalized spacial score (nSPS) is 20.6. The Morgan fingerprint density at radius 3 is 2.59 bits per heavy atom. The first-order chi connectivity index (χ1) is 13.9. The Bertz CT molecular complexity index is 1090. The van der Waals surface area contributed by atoms with Crippen LogP contribution in [0.1, 0.15) is 24.3 Å². The Balaban J connectivity index is 1.54. The van der Waals surface area contributed by atoms with Gasteiger partial charge in [-0.15, -0.1) is 0 Å². The number of hydrogen-bond donors (Lipinski definition) is 0. The Morgan fingerprint density at radius 1 is 1.14 bits per heavy atom. The molecule has 4 rings (SSSR count). The number of benzene rings is 1. The lowest BCUT2D eigenvalue weighted by Crippen LogP contribution is -2.46. The van der Waals surface area contributed by atoms with Gasteiger partial charge in [0.2, 0.25) is 21.5 Å². The molecule has 0 amide bonds. The van der Waals surface area contributed by atoms with Gasteiger partial charge in [-0.3, -0.25) is 4.98 Å². The smallest absolute Gasteiger partial charge is 0.266 e. The van der Waals surface area contributed by atoms with Crippen molar-refractivity contribution in [1.82, 2.24) is 19.4 Å². The third-order valence-electron chi connectivity index (χ3n) is 4.81. The zero-order valence-electron chi connectivity index (χ0n) is 15.3. The molecule has 1 aliphatic rings. The summed E-state index contributed by atoms with van der Waals surface area (Å²) in [6.07, 6.45) is 3.50. The summed E-state index contributed by atoms with van der Waals surface area (Å²) in [5.41, 5.74) is -1.03. The van der Waals surface area contributed by atoms with Crippen LogP contribution in [0.25, 0.3) is 11.4 Å². The van der Waals surface area contributed by atoms with Crippen LogP contribution in [0.3, 0.4) is 0 Å². The number of hydrogen-bond acceptors (Lipinski definition) is 6. The van der Waals surface area contributed by atoms with Crippen LogP contribution in [0.5, 0.6) is 0 Å². The number of aromatic nitrogens is 3. The van der Waals surface area contributed by atoms with Gasteiger partial charge in [0.25, 0.3) is 5.89 Å². The summed E-state index contributed by atoms with van der Waals surface area (Å²) in [5, 5.41) is 3.81. The Kier molecular flexibility index (Phi) is 5.13. The predicted octanol–water partition coefficient (Wildman–Crippen LogP) is 3.06. The topological polar surface area (TPSA) is 89.2 Å². The minimum atomic E-state index is -3.80. The van der Waals surface area contributed by atoms with Gasteiger partial charge in [-0.05, 0) is 42.7 Å². The van der Waals surface area contributed by atoms with Gasteiger partial charge in [-0.1, -0.05) is 17.3 Å². The van der Waals surface area contributed by atoms with E-state index in [2.05, 4.69) is 15.1 Å². The van der Waals surface area contributed by atoms with Crippen molar-refractivity contribution >= 4 is 10.0 Å². The molecule has 1 aromatic carbocycles. The van der Waals surface area contributed by atoms with Crippen LogP contribution in [0.2, 0.25) is 0 Å². The van der Waals surface area contributed by atoms with Gasteiger partial charge in [0, 0.05) is 24.5 Å². The largest absolute Gasteiger partial charge is 0.335 e. The van der Waals surface area contributed by atoms with E-state index in [4.69, 9.17) is 4.52 Å². The first-order valence-corrected chi connectivity index (χ1v) is 10.6. The van der Waals surface area contributed by atoms with Crippen LogP contribution >= 0.6 is 0 Å². The molecule has 1 aliphatic heterocycles. The van der Waals surface area contributed by atoms with Crippen molar-refractivity contribution in [3.8, 4) is 11.4 Å². The monoisotopic (exact) mass is 420 g/mol. The number of rotatable bonds is 5. The standard InChI is InChI=1S/C19H18F2N4O3S/c20-16-4-2-14(3-5-16)12-29(26,27)25-11-1-8-19(21,13-25)18-23-17(24-28-18)15-6-9-22-10-7-15/h2-7,9-10H,1,8,11-13H2. The lowest BCUT2D eigenvalue weighted by Gasteiger charge is -2.34. The molecule has 1 fully saturated rings.